The van der Waals surface area contributed by atoms with Crippen LogP contribution in [0.25, 0.3) is 5.57 Å². The first-order valence-electron chi connectivity index (χ1n) is 10.8. The predicted molar refractivity (Wildman–Crippen MR) is 134 cm³/mol. The van der Waals surface area contributed by atoms with Crippen molar-refractivity contribution in [3.63, 3.8) is 0 Å². The van der Waals surface area contributed by atoms with Crippen molar-refractivity contribution in [2.75, 3.05) is 10.6 Å². The van der Waals surface area contributed by atoms with Gasteiger partial charge in [0.15, 0.2) is 0 Å². The minimum Gasteiger partial charge on any atom is -0.488 e. The fourth-order valence-corrected chi connectivity index (χ4v) is 5.42. The van der Waals surface area contributed by atoms with Gasteiger partial charge in [-0.15, -0.1) is 0 Å². The van der Waals surface area contributed by atoms with Crippen molar-refractivity contribution in [1.29, 1.82) is 0 Å². The maximum atomic E-state index is 12.9. The van der Waals surface area contributed by atoms with Crippen LogP contribution in [-0.4, -0.2) is 25.7 Å². The van der Waals surface area contributed by atoms with Gasteiger partial charge in [-0.1, -0.05) is 48.0 Å². The molecule has 0 saturated heterocycles. The SMILES string of the molecule is CS(=O)(=O)N(C1=C(c2cc(Cl)ccc2OCc2ccccc2)CCC1)c1cccc(C(=O)O)c1. The summed E-state index contributed by atoms with van der Waals surface area (Å²) in [6.07, 6.45) is 3.03. The molecule has 6 nitrogen and oxygen atoms in total. The van der Waals surface area contributed by atoms with Gasteiger partial charge in [0.05, 0.1) is 17.5 Å². The molecule has 0 heterocycles. The molecule has 8 heteroatoms. The van der Waals surface area contributed by atoms with Crippen LogP contribution in [0.2, 0.25) is 5.02 Å². The number of sulfonamides is 1. The third kappa shape index (κ3) is 5.26. The van der Waals surface area contributed by atoms with Crippen molar-refractivity contribution < 1.29 is 23.1 Å². The Bertz CT molecular complexity index is 1350. The van der Waals surface area contributed by atoms with E-state index in [1.807, 2.05) is 30.3 Å². The fraction of sp³-hybridized carbons (Fsp3) is 0.192. The first-order valence-corrected chi connectivity index (χ1v) is 13.0. The molecule has 0 aromatic heterocycles. The lowest BCUT2D eigenvalue weighted by atomic mass is 10.0. The lowest BCUT2D eigenvalue weighted by Gasteiger charge is -2.26. The van der Waals surface area contributed by atoms with Crippen LogP contribution in [0.1, 0.15) is 40.7 Å². The maximum absolute atomic E-state index is 12.9. The zero-order chi connectivity index (χ0) is 24.3. The molecule has 176 valence electrons. The molecular weight excluding hydrogens is 474 g/mol. The highest BCUT2D eigenvalue weighted by Gasteiger charge is 2.30. The van der Waals surface area contributed by atoms with Crippen molar-refractivity contribution in [2.24, 2.45) is 0 Å². The molecule has 0 amide bonds. The molecular formula is C26H24ClNO5S. The zero-order valence-corrected chi connectivity index (χ0v) is 20.1. The number of rotatable bonds is 8. The average molecular weight is 498 g/mol. The molecule has 0 fully saturated rings. The van der Waals surface area contributed by atoms with Crippen molar-refractivity contribution >= 4 is 38.9 Å². The number of halogens is 1. The van der Waals surface area contributed by atoms with E-state index in [0.29, 0.717) is 35.9 Å². The number of nitrogens with zero attached hydrogens (tertiary/aromatic N) is 1. The molecule has 34 heavy (non-hydrogen) atoms. The molecule has 0 spiro atoms. The van der Waals surface area contributed by atoms with Gasteiger partial charge in [-0.3, -0.25) is 0 Å². The Morgan fingerprint density at radius 3 is 2.50 bits per heavy atom. The average Bonchev–Trinajstić information content (AvgIpc) is 3.27. The second-order valence-corrected chi connectivity index (χ2v) is 10.3. The molecule has 3 aromatic carbocycles. The van der Waals surface area contributed by atoms with E-state index >= 15 is 0 Å². The quantitative estimate of drug-likeness (QED) is 0.414. The number of hydrogen-bond acceptors (Lipinski definition) is 4. The van der Waals surface area contributed by atoms with Gasteiger partial charge in [0.1, 0.15) is 12.4 Å². The Hall–Kier alpha value is -3.29. The van der Waals surface area contributed by atoms with Crippen LogP contribution in [0.15, 0.2) is 78.5 Å². The topological polar surface area (TPSA) is 83.9 Å². The van der Waals surface area contributed by atoms with Gasteiger partial charge in [0, 0.05) is 16.3 Å². The highest BCUT2D eigenvalue weighted by Crippen LogP contribution is 2.43. The minimum absolute atomic E-state index is 0.0148. The number of aromatic carboxylic acids is 1. The van der Waals surface area contributed by atoms with Crippen molar-refractivity contribution in [2.45, 2.75) is 25.9 Å². The molecule has 0 atom stereocenters. The van der Waals surface area contributed by atoms with Crippen LogP contribution in [0.4, 0.5) is 5.69 Å². The van der Waals surface area contributed by atoms with Crippen LogP contribution in [-0.2, 0) is 16.6 Å². The lowest BCUT2D eigenvalue weighted by molar-refractivity contribution is 0.0697. The van der Waals surface area contributed by atoms with E-state index in [0.717, 1.165) is 29.4 Å². The molecule has 4 rings (SSSR count). The van der Waals surface area contributed by atoms with Gasteiger partial charge >= 0.3 is 5.97 Å². The normalized spacial score (nSPS) is 13.7. The highest BCUT2D eigenvalue weighted by molar-refractivity contribution is 7.92. The Balaban J connectivity index is 1.80. The summed E-state index contributed by atoms with van der Waals surface area (Å²) >= 11 is 6.33. The Morgan fingerprint density at radius 2 is 1.79 bits per heavy atom. The number of carboxylic acids is 1. The van der Waals surface area contributed by atoms with Crippen LogP contribution >= 0.6 is 11.6 Å². The first kappa shape index (κ1) is 23.9. The zero-order valence-electron chi connectivity index (χ0n) is 18.6. The van der Waals surface area contributed by atoms with Crippen LogP contribution < -0.4 is 9.04 Å². The van der Waals surface area contributed by atoms with Gasteiger partial charge in [-0.05, 0) is 66.8 Å². The van der Waals surface area contributed by atoms with Crippen molar-refractivity contribution in [3.05, 3.63) is 100 Å². The summed E-state index contributed by atoms with van der Waals surface area (Å²) in [6, 6.07) is 21.0. The van der Waals surface area contributed by atoms with E-state index in [-0.39, 0.29) is 11.3 Å². The summed E-state index contributed by atoms with van der Waals surface area (Å²) in [5.74, 6) is -0.516. The molecule has 1 aliphatic rings. The van der Waals surface area contributed by atoms with Gasteiger partial charge in [-0.25, -0.2) is 17.5 Å². The van der Waals surface area contributed by atoms with E-state index < -0.39 is 16.0 Å². The van der Waals surface area contributed by atoms with Gasteiger partial charge in [0.25, 0.3) is 0 Å². The summed E-state index contributed by atoms with van der Waals surface area (Å²) < 4.78 is 33.2. The molecule has 0 unspecified atom stereocenters. The fourth-order valence-electron chi connectivity index (χ4n) is 4.15. The van der Waals surface area contributed by atoms with Crippen LogP contribution in [0, 0.1) is 0 Å². The molecule has 0 bridgehead atoms. The van der Waals surface area contributed by atoms with E-state index in [4.69, 9.17) is 16.3 Å². The molecule has 0 radical (unpaired) electrons. The second kappa shape index (κ2) is 9.91. The van der Waals surface area contributed by atoms with E-state index in [1.165, 1.54) is 16.4 Å². The van der Waals surface area contributed by atoms with E-state index in [2.05, 4.69) is 0 Å². The number of ether oxygens (including phenoxy) is 1. The standard InChI is InChI=1S/C26H24ClNO5S/c1-34(31,32)28(21-10-5-9-19(15-21)26(29)30)24-12-6-11-22(24)23-16-20(27)13-14-25(23)33-17-18-7-3-2-4-8-18/h2-5,7-10,13-16H,6,11-12,17H2,1H3,(H,29,30). The summed E-state index contributed by atoms with van der Waals surface area (Å²) in [4.78, 5) is 11.5. The maximum Gasteiger partial charge on any atom is 0.335 e. The highest BCUT2D eigenvalue weighted by atomic mass is 35.5. The molecule has 3 aromatic rings. The smallest absolute Gasteiger partial charge is 0.335 e. The van der Waals surface area contributed by atoms with Crippen LogP contribution in [0.5, 0.6) is 5.75 Å². The number of carbonyl (C=O) groups is 1. The van der Waals surface area contributed by atoms with Crippen molar-refractivity contribution in [1.82, 2.24) is 0 Å². The largest absolute Gasteiger partial charge is 0.488 e. The minimum atomic E-state index is -3.75. The van der Waals surface area contributed by atoms with Gasteiger partial charge in [0.2, 0.25) is 10.0 Å². The Kier molecular flexibility index (Phi) is 6.95. The molecule has 1 aliphatic carbocycles. The number of benzene rings is 3. The molecule has 1 N–H and O–H groups in total. The predicted octanol–water partition coefficient (Wildman–Crippen LogP) is 5.98. The third-order valence-electron chi connectivity index (χ3n) is 5.60. The van der Waals surface area contributed by atoms with Gasteiger partial charge in [-0.2, -0.15) is 0 Å². The Morgan fingerprint density at radius 1 is 1.03 bits per heavy atom. The van der Waals surface area contributed by atoms with E-state index in [1.54, 1.807) is 30.3 Å². The monoisotopic (exact) mass is 497 g/mol. The summed E-state index contributed by atoms with van der Waals surface area (Å²) in [5, 5.41) is 9.91. The van der Waals surface area contributed by atoms with Crippen LogP contribution in [0.3, 0.4) is 0 Å². The number of carboxylic acid groups (broad SMARTS) is 1. The molecule has 0 aliphatic heterocycles. The van der Waals surface area contributed by atoms with Crippen molar-refractivity contribution in [3.8, 4) is 5.75 Å². The number of anilines is 1. The summed E-state index contributed by atoms with van der Waals surface area (Å²) in [7, 11) is -3.75. The third-order valence-corrected chi connectivity index (χ3v) is 6.93. The second-order valence-electron chi connectivity index (χ2n) is 8.08. The number of hydrogen-bond donors (Lipinski definition) is 1. The summed E-state index contributed by atoms with van der Waals surface area (Å²) in [6.45, 7) is 0.356. The lowest BCUT2D eigenvalue weighted by Crippen LogP contribution is -2.29. The first-order chi connectivity index (χ1) is 16.2. The van der Waals surface area contributed by atoms with E-state index in [9.17, 15) is 18.3 Å². The number of allylic oxidation sites excluding steroid dienone is 2. The Labute approximate surface area is 204 Å². The molecule has 0 saturated carbocycles. The van der Waals surface area contributed by atoms with Gasteiger partial charge < -0.3 is 9.84 Å². The summed E-state index contributed by atoms with van der Waals surface area (Å²) in [5.41, 5.74) is 3.45.